The summed E-state index contributed by atoms with van der Waals surface area (Å²) in [5.74, 6) is -0.192. The molecule has 0 aromatic heterocycles. The third-order valence-corrected chi connectivity index (χ3v) is 3.29. The van der Waals surface area contributed by atoms with Crippen LogP contribution in [0, 0.1) is 0 Å². The Morgan fingerprint density at radius 1 is 1.55 bits per heavy atom. The molecule has 0 bridgehead atoms. The number of hydrogen-bond donors (Lipinski definition) is 2. The maximum absolute atomic E-state index is 11.0. The minimum Gasteiger partial charge on any atom is -0.395 e. The van der Waals surface area contributed by atoms with Crippen LogP contribution < -0.4 is 4.72 Å². The van der Waals surface area contributed by atoms with Gasteiger partial charge in [-0.2, -0.15) is 0 Å². The molecule has 0 spiro atoms. The lowest BCUT2D eigenvalue weighted by Crippen LogP contribution is -2.36. The van der Waals surface area contributed by atoms with Crippen LogP contribution in [0.4, 0.5) is 0 Å². The number of nitrogens with one attached hydrogen (secondary N) is 1. The minimum atomic E-state index is -3.23. The molecular weight excluding hydrogens is 166 g/mol. The van der Waals surface area contributed by atoms with Crippen molar-refractivity contribution in [1.82, 2.24) is 4.72 Å². The van der Waals surface area contributed by atoms with E-state index in [1.54, 1.807) is 0 Å². The largest absolute Gasteiger partial charge is 0.395 e. The van der Waals surface area contributed by atoms with E-state index in [1.807, 2.05) is 6.92 Å². The maximum atomic E-state index is 11.0. The Morgan fingerprint density at radius 2 is 2.09 bits per heavy atom. The molecule has 1 aliphatic rings. The molecule has 1 aliphatic carbocycles. The van der Waals surface area contributed by atoms with Gasteiger partial charge >= 0.3 is 0 Å². The van der Waals surface area contributed by atoms with Crippen molar-refractivity contribution in [2.75, 3.05) is 12.4 Å². The van der Waals surface area contributed by atoms with Crippen LogP contribution in [-0.4, -0.2) is 31.4 Å². The summed E-state index contributed by atoms with van der Waals surface area (Å²) in [5.41, 5.74) is -0.214. The molecule has 2 N–H and O–H groups in total. The second kappa shape index (κ2) is 2.73. The van der Waals surface area contributed by atoms with Gasteiger partial charge in [-0.05, 0) is 19.8 Å². The summed E-state index contributed by atoms with van der Waals surface area (Å²) in [7, 11) is -3.23. The Bertz CT molecular complexity index is 230. The molecule has 0 unspecified atom stereocenters. The highest BCUT2D eigenvalue weighted by Gasteiger charge is 2.40. The zero-order valence-electron chi connectivity index (χ0n) is 6.50. The molecule has 0 heterocycles. The second-order valence-electron chi connectivity index (χ2n) is 3.21. The predicted octanol–water partition coefficient (Wildman–Crippen LogP) is -0.549. The maximum Gasteiger partial charge on any atom is 0.214 e. The van der Waals surface area contributed by atoms with Crippen LogP contribution >= 0.6 is 0 Å². The van der Waals surface area contributed by atoms with E-state index in [0.717, 1.165) is 12.8 Å². The molecule has 1 saturated carbocycles. The van der Waals surface area contributed by atoms with E-state index < -0.39 is 10.0 Å². The lowest BCUT2D eigenvalue weighted by atomic mass is 10.4. The van der Waals surface area contributed by atoms with Crippen LogP contribution in [0.1, 0.15) is 19.8 Å². The highest BCUT2D eigenvalue weighted by Crippen LogP contribution is 2.34. The van der Waals surface area contributed by atoms with Gasteiger partial charge in [0.2, 0.25) is 10.0 Å². The molecule has 0 aromatic carbocycles. The van der Waals surface area contributed by atoms with Gasteiger partial charge in [0.05, 0.1) is 12.4 Å². The lowest BCUT2D eigenvalue weighted by Gasteiger charge is -2.10. The SMILES string of the molecule is CC1(NS(=O)(=O)CCO)CC1. The normalized spacial score (nSPS) is 21.6. The fourth-order valence-corrected chi connectivity index (χ4v) is 2.13. The van der Waals surface area contributed by atoms with Gasteiger partial charge < -0.3 is 5.11 Å². The summed E-state index contributed by atoms with van der Waals surface area (Å²) in [4.78, 5) is 0. The van der Waals surface area contributed by atoms with Crippen molar-refractivity contribution in [3.63, 3.8) is 0 Å². The van der Waals surface area contributed by atoms with Gasteiger partial charge in [-0.1, -0.05) is 0 Å². The number of sulfonamides is 1. The van der Waals surface area contributed by atoms with Crippen LogP contribution in [0.5, 0.6) is 0 Å². The van der Waals surface area contributed by atoms with E-state index in [2.05, 4.69) is 4.72 Å². The molecule has 0 aromatic rings. The van der Waals surface area contributed by atoms with Gasteiger partial charge in [0.15, 0.2) is 0 Å². The Labute approximate surface area is 66.7 Å². The molecule has 0 amide bonds. The van der Waals surface area contributed by atoms with Crippen molar-refractivity contribution in [3.05, 3.63) is 0 Å². The molecule has 0 saturated heterocycles. The first-order valence-electron chi connectivity index (χ1n) is 3.60. The molecule has 1 rings (SSSR count). The van der Waals surface area contributed by atoms with E-state index in [1.165, 1.54) is 0 Å². The summed E-state index contributed by atoms with van der Waals surface area (Å²) >= 11 is 0. The van der Waals surface area contributed by atoms with E-state index in [4.69, 9.17) is 5.11 Å². The Hall–Kier alpha value is -0.130. The number of aliphatic hydroxyl groups is 1. The van der Waals surface area contributed by atoms with Gasteiger partial charge in [0.25, 0.3) is 0 Å². The minimum absolute atomic E-state index is 0.192. The standard InChI is InChI=1S/C6H13NO3S/c1-6(2-3-6)7-11(9,10)5-4-8/h7-8H,2-5H2,1H3. The third-order valence-electron chi connectivity index (χ3n) is 1.76. The molecular formula is C6H13NO3S. The van der Waals surface area contributed by atoms with Gasteiger partial charge in [-0.25, -0.2) is 13.1 Å². The van der Waals surface area contributed by atoms with Crippen LogP contribution in [0.15, 0.2) is 0 Å². The second-order valence-corrected chi connectivity index (χ2v) is 5.05. The lowest BCUT2D eigenvalue weighted by molar-refractivity contribution is 0.319. The fraction of sp³-hybridized carbons (Fsp3) is 1.00. The molecule has 5 heteroatoms. The molecule has 0 aliphatic heterocycles. The van der Waals surface area contributed by atoms with Gasteiger partial charge in [0.1, 0.15) is 0 Å². The quantitative estimate of drug-likeness (QED) is 0.608. The van der Waals surface area contributed by atoms with Gasteiger partial charge in [-0.15, -0.1) is 0 Å². The molecule has 11 heavy (non-hydrogen) atoms. The van der Waals surface area contributed by atoms with E-state index in [9.17, 15) is 8.42 Å². The zero-order chi connectivity index (χ0) is 8.54. The van der Waals surface area contributed by atoms with Crippen molar-refractivity contribution in [1.29, 1.82) is 0 Å². The summed E-state index contributed by atoms with van der Waals surface area (Å²) in [6.45, 7) is 1.55. The highest BCUT2D eigenvalue weighted by atomic mass is 32.2. The van der Waals surface area contributed by atoms with Crippen LogP contribution in [-0.2, 0) is 10.0 Å². The average molecular weight is 179 g/mol. The van der Waals surface area contributed by atoms with Crippen molar-refractivity contribution in [2.24, 2.45) is 0 Å². The molecule has 4 nitrogen and oxygen atoms in total. The number of hydrogen-bond acceptors (Lipinski definition) is 3. The molecule has 0 atom stereocenters. The molecule has 66 valence electrons. The molecule has 1 fully saturated rings. The van der Waals surface area contributed by atoms with Gasteiger partial charge in [-0.3, -0.25) is 0 Å². The summed E-state index contributed by atoms with van der Waals surface area (Å²) < 4.78 is 24.5. The summed E-state index contributed by atoms with van der Waals surface area (Å²) in [6.07, 6.45) is 1.80. The van der Waals surface area contributed by atoms with Crippen molar-refractivity contribution < 1.29 is 13.5 Å². The first-order valence-corrected chi connectivity index (χ1v) is 5.25. The smallest absolute Gasteiger partial charge is 0.214 e. The number of aliphatic hydroxyl groups excluding tert-OH is 1. The average Bonchev–Trinajstić information content (AvgIpc) is 2.45. The summed E-state index contributed by atoms with van der Waals surface area (Å²) in [6, 6.07) is 0. The number of rotatable bonds is 4. The van der Waals surface area contributed by atoms with Crippen molar-refractivity contribution >= 4 is 10.0 Å². The summed E-state index contributed by atoms with van der Waals surface area (Å²) in [5, 5.41) is 8.40. The zero-order valence-corrected chi connectivity index (χ0v) is 7.32. The predicted molar refractivity (Wildman–Crippen MR) is 41.6 cm³/mol. The van der Waals surface area contributed by atoms with E-state index >= 15 is 0 Å². The van der Waals surface area contributed by atoms with E-state index in [0.29, 0.717) is 0 Å². The Kier molecular flexibility index (Phi) is 2.22. The Morgan fingerprint density at radius 3 is 2.45 bits per heavy atom. The first-order chi connectivity index (χ1) is 4.97. The van der Waals surface area contributed by atoms with Crippen molar-refractivity contribution in [3.8, 4) is 0 Å². The Balaban J connectivity index is 2.47. The topological polar surface area (TPSA) is 66.4 Å². The van der Waals surface area contributed by atoms with Gasteiger partial charge in [0, 0.05) is 5.54 Å². The third kappa shape index (κ3) is 2.76. The van der Waals surface area contributed by atoms with Crippen molar-refractivity contribution in [2.45, 2.75) is 25.3 Å². The molecule has 0 radical (unpaired) electrons. The van der Waals surface area contributed by atoms with Crippen LogP contribution in [0.2, 0.25) is 0 Å². The fourth-order valence-electron chi connectivity index (χ4n) is 0.836. The first kappa shape index (κ1) is 8.96. The highest BCUT2D eigenvalue weighted by molar-refractivity contribution is 7.89. The van der Waals surface area contributed by atoms with Crippen LogP contribution in [0.3, 0.4) is 0 Å². The van der Waals surface area contributed by atoms with Crippen LogP contribution in [0.25, 0.3) is 0 Å². The monoisotopic (exact) mass is 179 g/mol. The van der Waals surface area contributed by atoms with E-state index in [-0.39, 0.29) is 17.9 Å².